The third-order valence-electron chi connectivity index (χ3n) is 2.63. The average Bonchev–Trinajstić information content (AvgIpc) is 2.32. The first-order valence-corrected chi connectivity index (χ1v) is 5.22. The SMILES string of the molecule is Cc1cc(-c2cc(N)[nH]c(=O)c2C#N)ccc1F. The Labute approximate surface area is 102 Å². The zero-order valence-electron chi connectivity index (χ0n) is 9.62. The number of nitrogens with two attached hydrogens (primary N) is 1. The maximum atomic E-state index is 13.2. The average molecular weight is 243 g/mol. The molecule has 3 N–H and O–H groups in total. The van der Waals surface area contributed by atoms with Gasteiger partial charge < -0.3 is 10.7 Å². The number of H-pyrrole nitrogens is 1. The number of nitriles is 1. The predicted octanol–water partition coefficient (Wildman–Crippen LogP) is 1.94. The topological polar surface area (TPSA) is 82.7 Å². The Morgan fingerprint density at radius 3 is 2.72 bits per heavy atom. The third kappa shape index (κ3) is 1.96. The summed E-state index contributed by atoms with van der Waals surface area (Å²) in [6.45, 7) is 1.61. The van der Waals surface area contributed by atoms with E-state index in [-0.39, 0.29) is 17.2 Å². The molecule has 1 aromatic heterocycles. The van der Waals surface area contributed by atoms with E-state index in [1.165, 1.54) is 18.2 Å². The number of hydrogen-bond acceptors (Lipinski definition) is 3. The minimum absolute atomic E-state index is 0.0322. The van der Waals surface area contributed by atoms with Gasteiger partial charge in [-0.2, -0.15) is 5.26 Å². The number of nitrogens with zero attached hydrogens (tertiary/aromatic N) is 1. The largest absolute Gasteiger partial charge is 0.385 e. The number of nitrogens with one attached hydrogen (secondary N) is 1. The molecule has 2 aromatic rings. The highest BCUT2D eigenvalue weighted by molar-refractivity contribution is 5.72. The summed E-state index contributed by atoms with van der Waals surface area (Å²) in [6, 6.07) is 7.70. The van der Waals surface area contributed by atoms with Crippen LogP contribution in [-0.4, -0.2) is 4.98 Å². The molecule has 0 saturated heterocycles. The number of nitrogen functional groups attached to an aromatic ring is 1. The smallest absolute Gasteiger partial charge is 0.268 e. The summed E-state index contributed by atoms with van der Waals surface area (Å²) in [7, 11) is 0. The van der Waals surface area contributed by atoms with Crippen LogP contribution >= 0.6 is 0 Å². The molecule has 0 unspecified atom stereocenters. The van der Waals surface area contributed by atoms with Crippen LogP contribution in [0.1, 0.15) is 11.1 Å². The molecule has 0 spiro atoms. The van der Waals surface area contributed by atoms with Gasteiger partial charge in [0.2, 0.25) is 0 Å². The molecular weight excluding hydrogens is 233 g/mol. The molecule has 1 heterocycles. The maximum Gasteiger partial charge on any atom is 0.268 e. The summed E-state index contributed by atoms with van der Waals surface area (Å²) in [6.07, 6.45) is 0. The van der Waals surface area contributed by atoms with Crippen LogP contribution in [0, 0.1) is 24.1 Å². The van der Waals surface area contributed by atoms with Crippen LogP contribution in [0.2, 0.25) is 0 Å². The summed E-state index contributed by atoms with van der Waals surface area (Å²) in [5.41, 5.74) is 6.40. The lowest BCUT2D eigenvalue weighted by Crippen LogP contribution is -2.13. The van der Waals surface area contributed by atoms with Crippen molar-refractivity contribution in [2.45, 2.75) is 6.92 Å². The summed E-state index contributed by atoms with van der Waals surface area (Å²) < 4.78 is 13.2. The molecule has 0 aliphatic carbocycles. The van der Waals surface area contributed by atoms with Crippen LogP contribution < -0.4 is 11.3 Å². The fourth-order valence-corrected chi connectivity index (χ4v) is 1.73. The van der Waals surface area contributed by atoms with Crippen molar-refractivity contribution in [3.8, 4) is 17.2 Å². The second-order valence-electron chi connectivity index (χ2n) is 3.92. The summed E-state index contributed by atoms with van der Waals surface area (Å²) in [5, 5.41) is 8.99. The molecule has 0 radical (unpaired) electrons. The number of aromatic amines is 1. The minimum Gasteiger partial charge on any atom is -0.385 e. The number of pyridine rings is 1. The molecule has 2 rings (SSSR count). The second-order valence-corrected chi connectivity index (χ2v) is 3.92. The van der Waals surface area contributed by atoms with E-state index in [4.69, 9.17) is 11.0 Å². The Kier molecular flexibility index (Phi) is 2.86. The first-order valence-electron chi connectivity index (χ1n) is 5.22. The highest BCUT2D eigenvalue weighted by Gasteiger charge is 2.11. The Bertz CT molecular complexity index is 713. The van der Waals surface area contributed by atoms with E-state index in [0.717, 1.165) is 0 Å². The van der Waals surface area contributed by atoms with Crippen LogP contribution in [0.15, 0.2) is 29.1 Å². The van der Waals surface area contributed by atoms with E-state index in [0.29, 0.717) is 16.7 Å². The highest BCUT2D eigenvalue weighted by atomic mass is 19.1. The van der Waals surface area contributed by atoms with Crippen LogP contribution in [0.4, 0.5) is 10.2 Å². The zero-order chi connectivity index (χ0) is 13.3. The maximum absolute atomic E-state index is 13.2. The molecule has 0 saturated carbocycles. The normalized spacial score (nSPS) is 10.1. The van der Waals surface area contributed by atoms with E-state index in [1.807, 2.05) is 6.07 Å². The quantitative estimate of drug-likeness (QED) is 0.802. The van der Waals surface area contributed by atoms with Crippen molar-refractivity contribution < 1.29 is 4.39 Å². The number of aromatic nitrogens is 1. The van der Waals surface area contributed by atoms with E-state index < -0.39 is 5.56 Å². The molecule has 18 heavy (non-hydrogen) atoms. The van der Waals surface area contributed by atoms with Crippen LogP contribution in [0.25, 0.3) is 11.1 Å². The number of halogens is 1. The van der Waals surface area contributed by atoms with E-state index >= 15 is 0 Å². The van der Waals surface area contributed by atoms with Gasteiger partial charge in [0, 0.05) is 5.56 Å². The predicted molar refractivity (Wildman–Crippen MR) is 66.3 cm³/mol. The van der Waals surface area contributed by atoms with Gasteiger partial charge in [-0.25, -0.2) is 4.39 Å². The van der Waals surface area contributed by atoms with Crippen LogP contribution in [-0.2, 0) is 0 Å². The molecule has 90 valence electrons. The van der Waals surface area contributed by atoms with Gasteiger partial charge in [-0.15, -0.1) is 0 Å². The summed E-state index contributed by atoms with van der Waals surface area (Å²) in [4.78, 5) is 13.9. The number of hydrogen-bond donors (Lipinski definition) is 2. The van der Waals surface area contributed by atoms with Gasteiger partial charge in [-0.05, 0) is 36.2 Å². The van der Waals surface area contributed by atoms with Gasteiger partial charge >= 0.3 is 0 Å². The van der Waals surface area contributed by atoms with Crippen molar-refractivity contribution in [3.05, 3.63) is 51.6 Å². The Morgan fingerprint density at radius 2 is 2.11 bits per heavy atom. The lowest BCUT2D eigenvalue weighted by Gasteiger charge is -2.06. The summed E-state index contributed by atoms with van der Waals surface area (Å²) >= 11 is 0. The third-order valence-corrected chi connectivity index (χ3v) is 2.63. The van der Waals surface area contributed by atoms with Gasteiger partial charge in [0.05, 0.1) is 0 Å². The standard InChI is InChI=1S/C13H10FN3O/c1-7-4-8(2-3-11(7)14)9-5-12(16)17-13(18)10(9)6-15/h2-5H,1H3,(H3,16,17,18). The molecule has 0 aliphatic rings. The molecule has 0 amide bonds. The Balaban J connectivity index is 2.75. The van der Waals surface area contributed by atoms with E-state index in [2.05, 4.69) is 4.98 Å². The van der Waals surface area contributed by atoms with Gasteiger partial charge in [0.15, 0.2) is 0 Å². The monoisotopic (exact) mass is 243 g/mol. The molecular formula is C13H10FN3O. The van der Waals surface area contributed by atoms with Crippen molar-refractivity contribution in [3.63, 3.8) is 0 Å². The first kappa shape index (κ1) is 11.9. The Morgan fingerprint density at radius 1 is 1.39 bits per heavy atom. The molecule has 0 atom stereocenters. The summed E-state index contributed by atoms with van der Waals surface area (Å²) in [5.74, 6) is -0.175. The van der Waals surface area contributed by atoms with Crippen LogP contribution in [0.5, 0.6) is 0 Å². The Hall–Kier alpha value is -2.61. The number of rotatable bonds is 1. The fourth-order valence-electron chi connectivity index (χ4n) is 1.73. The number of benzene rings is 1. The number of anilines is 1. The molecule has 1 aromatic carbocycles. The van der Waals surface area contributed by atoms with Gasteiger partial charge in [0.25, 0.3) is 5.56 Å². The molecule has 0 bridgehead atoms. The van der Waals surface area contributed by atoms with Gasteiger partial charge in [-0.3, -0.25) is 4.79 Å². The lowest BCUT2D eigenvalue weighted by atomic mass is 10.00. The van der Waals surface area contributed by atoms with Gasteiger partial charge in [-0.1, -0.05) is 6.07 Å². The van der Waals surface area contributed by atoms with E-state index in [9.17, 15) is 9.18 Å². The molecule has 5 heteroatoms. The first-order chi connectivity index (χ1) is 8.52. The number of aryl methyl sites for hydroxylation is 1. The zero-order valence-corrected chi connectivity index (χ0v) is 9.62. The van der Waals surface area contributed by atoms with E-state index in [1.54, 1.807) is 13.0 Å². The van der Waals surface area contributed by atoms with Crippen molar-refractivity contribution in [2.24, 2.45) is 0 Å². The van der Waals surface area contributed by atoms with Gasteiger partial charge in [0.1, 0.15) is 23.3 Å². The molecule has 0 fully saturated rings. The van der Waals surface area contributed by atoms with Crippen LogP contribution in [0.3, 0.4) is 0 Å². The highest BCUT2D eigenvalue weighted by Crippen LogP contribution is 2.24. The second kappa shape index (κ2) is 4.34. The van der Waals surface area contributed by atoms with Crippen molar-refractivity contribution in [1.82, 2.24) is 4.98 Å². The minimum atomic E-state index is -0.547. The van der Waals surface area contributed by atoms with Crippen molar-refractivity contribution in [1.29, 1.82) is 5.26 Å². The fraction of sp³-hybridized carbons (Fsp3) is 0.0769. The molecule has 0 aliphatic heterocycles. The van der Waals surface area contributed by atoms with Crippen molar-refractivity contribution >= 4 is 5.82 Å². The van der Waals surface area contributed by atoms with Crippen molar-refractivity contribution in [2.75, 3.05) is 5.73 Å². The molecule has 4 nitrogen and oxygen atoms in total. The lowest BCUT2D eigenvalue weighted by molar-refractivity contribution is 0.619.